The molecular formula is CHO5P. The molecule has 40 valence electrons. The largest absolute Gasteiger partial charge is 4.00 e. The first kappa shape index (κ1) is 15.7. The topological polar surface area (TPSA) is 116 Å². The van der Waals surface area contributed by atoms with Crippen LogP contribution in [0.15, 0.2) is 0 Å². The molecule has 5 nitrogen and oxygen atoms in total. The van der Waals surface area contributed by atoms with Crippen molar-refractivity contribution < 1.29 is 24.7 Å². The Morgan fingerprint density at radius 2 is 1.14 bits per heavy atom. The van der Waals surface area contributed by atoms with Crippen molar-refractivity contribution in [2.45, 2.75) is 0 Å². The molecule has 0 radical (unpaired) electrons. The summed E-state index contributed by atoms with van der Waals surface area (Å²) in [6.45, 7) is 0. The first-order valence-corrected chi connectivity index (χ1v) is 2.19. The van der Waals surface area contributed by atoms with Crippen LogP contribution in [-0.2, 0) is 4.57 Å². The van der Waals surface area contributed by atoms with Gasteiger partial charge in [0.1, 0.15) is 0 Å². The van der Waals surface area contributed by atoms with E-state index >= 15 is 0 Å². The molecule has 1 N–H and O–H groups in total. The number of hydrogen-bond donors (Lipinski definition) is 0. The van der Waals surface area contributed by atoms with Gasteiger partial charge < -0.3 is 24.7 Å². The summed E-state index contributed by atoms with van der Waals surface area (Å²) in [4.78, 5) is 25.6. The fourth-order valence-corrected chi connectivity index (χ4v) is 0. The van der Waals surface area contributed by atoms with Gasteiger partial charge in [-0.1, -0.05) is 0 Å². The van der Waals surface area contributed by atoms with Crippen LogP contribution in [0.1, 0.15) is 0 Å². The monoisotopic (exact) mass is 124 g/mol. The Balaban J connectivity index is -0.0000000800. The molecule has 0 amide bonds. The average Bonchev–Trinajstić information content (AvgIpc) is 0.722. The van der Waals surface area contributed by atoms with Gasteiger partial charge in [-0.2, -0.15) is 7.82 Å². The summed E-state index contributed by atoms with van der Waals surface area (Å²) >= 11 is 0. The van der Waals surface area contributed by atoms with E-state index in [4.69, 9.17) is 19.2 Å². The molecule has 0 aromatic carbocycles. The van der Waals surface area contributed by atoms with E-state index in [0.29, 0.717) is 0 Å². The summed E-state index contributed by atoms with van der Waals surface area (Å²) in [6.07, 6.45) is 0. The van der Waals surface area contributed by atoms with Crippen molar-refractivity contribution in [3.8, 4) is 0 Å². The van der Waals surface area contributed by atoms with Gasteiger partial charge in [0.25, 0.3) is 0 Å². The Bertz CT molecular complexity index is 54.2. The first-order valence-electron chi connectivity index (χ1n) is 0.730. The van der Waals surface area contributed by atoms with E-state index in [1.807, 2.05) is 0 Å². The van der Waals surface area contributed by atoms with Crippen LogP contribution in [0.3, 0.4) is 0 Å². The van der Waals surface area contributed by atoms with Gasteiger partial charge in [-0.3, -0.25) is 0 Å². The maximum Gasteiger partial charge on any atom is 4.00 e. The van der Waals surface area contributed by atoms with E-state index in [-0.39, 0.29) is 12.9 Å². The van der Waals surface area contributed by atoms with E-state index in [9.17, 15) is 0 Å². The Labute approximate surface area is 41.2 Å². The van der Waals surface area contributed by atoms with E-state index in [1.54, 1.807) is 0 Å². The van der Waals surface area contributed by atoms with Gasteiger partial charge in [0, 0.05) is 0 Å². The normalized spacial score (nSPS) is 8.43. The molecule has 0 fully saturated rings. The van der Waals surface area contributed by atoms with Crippen molar-refractivity contribution in [2.75, 3.05) is 0 Å². The predicted molar refractivity (Wildman–Crippen MR) is 12.8 cm³/mol. The van der Waals surface area contributed by atoms with Crippen LogP contribution in [0.25, 0.3) is 0 Å². The second-order valence-corrected chi connectivity index (χ2v) is 1.34. The van der Waals surface area contributed by atoms with Crippen molar-refractivity contribution in [1.82, 2.24) is 0 Å². The molecule has 0 aliphatic heterocycles. The van der Waals surface area contributed by atoms with Crippen LogP contribution < -0.4 is 14.7 Å². The summed E-state index contributed by atoms with van der Waals surface area (Å²) in [5, 5.41) is 0. The fourth-order valence-electron chi connectivity index (χ4n) is 0. The van der Waals surface area contributed by atoms with Gasteiger partial charge in [-0.25, -0.2) is 0 Å². The summed E-state index contributed by atoms with van der Waals surface area (Å²) in [6, 6.07) is 0. The molecule has 0 heterocycles. The smallest absolute Gasteiger partial charge is 0.870 e. The molecule has 0 saturated heterocycles. The Hall–Kier alpha value is 0.0700. The van der Waals surface area contributed by atoms with Gasteiger partial charge in [0.05, 0.1) is 0 Å². The van der Waals surface area contributed by atoms with Gasteiger partial charge in [0.15, 0.2) is 0 Å². The molecule has 0 aromatic rings. The third kappa shape index (κ3) is 20500. The van der Waals surface area contributed by atoms with E-state index in [2.05, 4.69) is 0 Å². The van der Waals surface area contributed by atoms with Crippen molar-refractivity contribution in [1.29, 1.82) is 0 Å². The number of phosphoric acid groups is 1. The first-order chi connectivity index (χ1) is 2.00. The maximum atomic E-state index is 8.55. The SMILES string of the molecule is O=P([O-])([O-])[O-].[C+4].[OH-]. The molecule has 0 spiro atoms. The van der Waals surface area contributed by atoms with Crippen molar-refractivity contribution in [3.63, 3.8) is 0 Å². The molecule has 0 rings (SSSR count). The van der Waals surface area contributed by atoms with Crippen molar-refractivity contribution in [2.24, 2.45) is 0 Å². The molecular weight excluding hydrogens is 123 g/mol. The molecule has 0 atom stereocenters. The average molecular weight is 124 g/mol. The summed E-state index contributed by atoms with van der Waals surface area (Å²) in [5.74, 6) is 0. The van der Waals surface area contributed by atoms with Crippen LogP contribution in [0.4, 0.5) is 0 Å². The Kier molecular flexibility index (Phi) is 9.51. The zero-order valence-corrected chi connectivity index (χ0v) is 3.92. The minimum absolute atomic E-state index is 0. The predicted octanol–water partition coefficient (Wildman–Crippen LogP) is -2.92. The third-order valence-electron chi connectivity index (χ3n) is 0. The molecule has 6 heteroatoms. The Morgan fingerprint density at radius 3 is 1.14 bits per heavy atom. The van der Waals surface area contributed by atoms with Crippen molar-refractivity contribution in [3.05, 3.63) is 7.43 Å². The molecule has 7 heavy (non-hydrogen) atoms. The molecule has 0 saturated carbocycles. The zero-order chi connectivity index (χ0) is 4.50. The molecule has 0 bridgehead atoms. The molecule has 0 aliphatic carbocycles. The minimum Gasteiger partial charge on any atom is -0.870 e. The maximum absolute atomic E-state index is 8.55. The van der Waals surface area contributed by atoms with E-state index in [1.165, 1.54) is 0 Å². The second kappa shape index (κ2) is 4.23. The van der Waals surface area contributed by atoms with E-state index in [0.717, 1.165) is 0 Å². The summed E-state index contributed by atoms with van der Waals surface area (Å²) in [5.41, 5.74) is 0. The van der Waals surface area contributed by atoms with Gasteiger partial charge in [-0.15, -0.1) is 0 Å². The van der Waals surface area contributed by atoms with E-state index < -0.39 is 7.82 Å². The summed E-state index contributed by atoms with van der Waals surface area (Å²) in [7, 11) is -5.39. The molecule has 0 unspecified atom stereocenters. The van der Waals surface area contributed by atoms with Crippen LogP contribution in [0.2, 0.25) is 0 Å². The van der Waals surface area contributed by atoms with Gasteiger partial charge >= 0.3 is 7.43 Å². The molecule has 0 aliphatic rings. The minimum atomic E-state index is -5.39. The van der Waals surface area contributed by atoms with Gasteiger partial charge in [0.2, 0.25) is 0 Å². The Morgan fingerprint density at radius 1 is 1.14 bits per heavy atom. The van der Waals surface area contributed by atoms with Crippen LogP contribution >= 0.6 is 7.82 Å². The molecule has 0 aromatic heterocycles. The van der Waals surface area contributed by atoms with Crippen LogP contribution in [-0.4, -0.2) is 5.48 Å². The number of rotatable bonds is 0. The quantitative estimate of drug-likeness (QED) is 0.320. The van der Waals surface area contributed by atoms with Crippen LogP contribution in [0.5, 0.6) is 0 Å². The second-order valence-electron chi connectivity index (χ2n) is 0.447. The van der Waals surface area contributed by atoms with Crippen molar-refractivity contribution >= 4 is 7.82 Å². The standard InChI is InChI=1S/C.H3O4P.H2O/c;1-5(2,3)4;/h;(H3,1,2,3,4);1H2/q+4;;/p-4. The fraction of sp³-hybridized carbons (Fsp3) is 0. The van der Waals surface area contributed by atoms with Gasteiger partial charge in [-0.05, 0) is 0 Å². The van der Waals surface area contributed by atoms with Crippen LogP contribution in [0, 0.1) is 7.43 Å². The third-order valence-corrected chi connectivity index (χ3v) is 0. The number of hydrogen-bond acceptors (Lipinski definition) is 5. The summed E-state index contributed by atoms with van der Waals surface area (Å²) < 4.78 is 8.55. The zero-order valence-electron chi connectivity index (χ0n) is 3.03.